The molecule has 11 heteroatoms. The fourth-order valence-electron chi connectivity index (χ4n) is 4.61. The molecule has 0 amide bonds. The molecule has 3 aromatic carbocycles. The smallest absolute Gasteiger partial charge is 0.335 e. The van der Waals surface area contributed by atoms with Gasteiger partial charge in [-0.2, -0.15) is 4.68 Å². The van der Waals surface area contributed by atoms with E-state index in [1.807, 2.05) is 36.4 Å². The summed E-state index contributed by atoms with van der Waals surface area (Å²) in [5.74, 6) is -0.480. The van der Waals surface area contributed by atoms with E-state index in [-0.39, 0.29) is 11.1 Å². The quantitative estimate of drug-likeness (QED) is 0.305. The van der Waals surface area contributed by atoms with Gasteiger partial charge in [0.15, 0.2) is 0 Å². The van der Waals surface area contributed by atoms with Gasteiger partial charge in [0.1, 0.15) is 12.2 Å². The molecule has 39 heavy (non-hydrogen) atoms. The molecular weight excluding hydrogens is 518 g/mol. The zero-order valence-electron chi connectivity index (χ0n) is 20.3. The zero-order valence-corrected chi connectivity index (χ0v) is 21.0. The molecule has 0 saturated heterocycles. The van der Waals surface area contributed by atoms with Gasteiger partial charge in [-0.15, -0.1) is 5.10 Å². The molecule has 0 aliphatic carbocycles. The minimum absolute atomic E-state index is 0.152. The maximum absolute atomic E-state index is 13.6. The fraction of sp³-hybridized carbons (Fsp3) is 0.0714. The Labute approximate surface area is 226 Å². The molecule has 1 unspecified atom stereocenters. The van der Waals surface area contributed by atoms with Crippen LogP contribution < -0.4 is 5.56 Å². The van der Waals surface area contributed by atoms with Crippen LogP contribution in [-0.4, -0.2) is 45.8 Å². The molecule has 3 aromatic heterocycles. The number of H-pyrrole nitrogens is 1. The lowest BCUT2D eigenvalue weighted by molar-refractivity contribution is 0.0697. The van der Waals surface area contributed by atoms with Crippen LogP contribution >= 0.6 is 11.6 Å². The third-order valence-corrected chi connectivity index (χ3v) is 6.72. The fourth-order valence-corrected chi connectivity index (χ4v) is 4.78. The summed E-state index contributed by atoms with van der Waals surface area (Å²) >= 11 is 6.30. The summed E-state index contributed by atoms with van der Waals surface area (Å²) in [5, 5.41) is 21.3. The summed E-state index contributed by atoms with van der Waals surface area (Å²) in [6.45, 7) is 0. The van der Waals surface area contributed by atoms with Crippen molar-refractivity contribution in [3.63, 3.8) is 0 Å². The molecule has 10 nitrogen and oxygen atoms in total. The second-order valence-electron chi connectivity index (χ2n) is 8.94. The Morgan fingerprint density at radius 1 is 1.03 bits per heavy atom. The van der Waals surface area contributed by atoms with Crippen LogP contribution in [0.1, 0.15) is 27.8 Å². The molecule has 0 fully saturated rings. The number of aromatic nitrogens is 7. The molecule has 6 aromatic rings. The van der Waals surface area contributed by atoms with Gasteiger partial charge in [0.05, 0.1) is 28.3 Å². The number of benzene rings is 3. The second-order valence-corrected chi connectivity index (χ2v) is 9.38. The van der Waals surface area contributed by atoms with Crippen molar-refractivity contribution < 1.29 is 9.90 Å². The van der Waals surface area contributed by atoms with Crippen LogP contribution in [0, 0.1) is 0 Å². The number of rotatable bonds is 7. The van der Waals surface area contributed by atoms with Crippen LogP contribution in [-0.2, 0) is 6.42 Å². The van der Waals surface area contributed by atoms with E-state index in [1.165, 1.54) is 17.1 Å². The number of nitrogens with one attached hydrogen (secondary N) is 1. The number of pyridine rings is 1. The van der Waals surface area contributed by atoms with Gasteiger partial charge in [0, 0.05) is 29.3 Å². The van der Waals surface area contributed by atoms with E-state index in [4.69, 9.17) is 16.6 Å². The number of fused-ring (bicyclic) bond motifs is 1. The highest BCUT2D eigenvalue weighted by Gasteiger charge is 2.21. The number of halogens is 1. The molecule has 192 valence electrons. The average molecular weight is 538 g/mol. The number of aromatic amines is 1. The summed E-state index contributed by atoms with van der Waals surface area (Å²) in [6.07, 6.45) is 3.69. The van der Waals surface area contributed by atoms with Crippen molar-refractivity contribution >= 4 is 28.6 Å². The number of aromatic carboxylic acids is 1. The minimum Gasteiger partial charge on any atom is -0.478 e. The van der Waals surface area contributed by atoms with Crippen LogP contribution in [0.25, 0.3) is 27.8 Å². The van der Waals surface area contributed by atoms with E-state index in [0.717, 1.165) is 5.56 Å². The third kappa shape index (κ3) is 4.80. The Kier molecular flexibility index (Phi) is 6.22. The molecule has 6 rings (SSSR count). The van der Waals surface area contributed by atoms with Gasteiger partial charge in [0.2, 0.25) is 0 Å². The lowest BCUT2D eigenvalue weighted by Gasteiger charge is -2.19. The number of carbonyl (C=O) groups is 1. The van der Waals surface area contributed by atoms with Crippen LogP contribution in [0.3, 0.4) is 0 Å². The van der Waals surface area contributed by atoms with E-state index < -0.39 is 12.0 Å². The Hall–Kier alpha value is -5.09. The van der Waals surface area contributed by atoms with E-state index >= 15 is 0 Å². The summed E-state index contributed by atoms with van der Waals surface area (Å²) < 4.78 is 3.13. The first-order valence-corrected chi connectivity index (χ1v) is 12.4. The molecule has 0 spiro atoms. The lowest BCUT2D eigenvalue weighted by atomic mass is 10.0. The van der Waals surface area contributed by atoms with Crippen molar-refractivity contribution in [3.8, 4) is 16.8 Å². The van der Waals surface area contributed by atoms with Gasteiger partial charge in [-0.3, -0.25) is 4.79 Å². The molecule has 0 aliphatic rings. The predicted molar refractivity (Wildman–Crippen MR) is 145 cm³/mol. The van der Waals surface area contributed by atoms with Crippen molar-refractivity contribution in [1.82, 2.24) is 34.7 Å². The number of carboxylic acid groups (broad SMARTS) is 1. The first kappa shape index (κ1) is 24.3. The minimum atomic E-state index is -1.03. The predicted octanol–water partition coefficient (Wildman–Crippen LogP) is 4.55. The first-order valence-electron chi connectivity index (χ1n) is 12.0. The van der Waals surface area contributed by atoms with Gasteiger partial charge in [-0.25, -0.2) is 9.78 Å². The lowest BCUT2D eigenvalue weighted by Crippen LogP contribution is -2.27. The number of nitrogens with zero attached hydrogens (tertiary/aromatic N) is 6. The van der Waals surface area contributed by atoms with Crippen molar-refractivity contribution in [3.05, 3.63) is 124 Å². The highest BCUT2D eigenvalue weighted by Crippen LogP contribution is 2.30. The average Bonchev–Trinajstić information content (AvgIpc) is 3.62. The van der Waals surface area contributed by atoms with Crippen LogP contribution in [0.5, 0.6) is 0 Å². The molecular formula is C28H20ClN7O3. The summed E-state index contributed by atoms with van der Waals surface area (Å²) in [5.41, 5.74) is 4.14. The van der Waals surface area contributed by atoms with Crippen molar-refractivity contribution in [2.75, 3.05) is 0 Å². The number of tetrazole rings is 1. The standard InChI is InChI=1S/C28H20ClN7O3/c29-20-7-9-24(36-16-30-33-34-36)21(15-20)18-10-11-35(26(37)14-18)25(12-17-4-2-1-3-5-17)27-31-22-8-6-19(28(38)39)13-23(22)32-27/h1-11,13-16,25H,12H2,(H,31,32)(H,38,39). The number of carboxylic acids is 1. The summed E-state index contributed by atoms with van der Waals surface area (Å²) in [7, 11) is 0. The second kappa shape index (κ2) is 9.99. The normalized spacial score (nSPS) is 12.0. The van der Waals surface area contributed by atoms with E-state index in [0.29, 0.717) is 45.1 Å². The Morgan fingerprint density at radius 3 is 2.62 bits per heavy atom. The largest absolute Gasteiger partial charge is 0.478 e. The molecule has 3 heterocycles. The van der Waals surface area contributed by atoms with E-state index in [9.17, 15) is 14.7 Å². The SMILES string of the molecule is O=C(O)c1ccc2nc(C(Cc3ccccc3)n3ccc(-c4cc(Cl)ccc4-n4cnnn4)cc3=O)[nH]c2c1. The Bertz CT molecular complexity index is 1860. The first-order chi connectivity index (χ1) is 19.0. The molecule has 0 aliphatic heterocycles. The third-order valence-electron chi connectivity index (χ3n) is 6.48. The van der Waals surface area contributed by atoms with Crippen molar-refractivity contribution in [2.45, 2.75) is 12.5 Å². The van der Waals surface area contributed by atoms with Gasteiger partial charge >= 0.3 is 5.97 Å². The molecule has 0 radical (unpaired) electrons. The molecule has 0 bridgehead atoms. The van der Waals surface area contributed by atoms with Crippen LogP contribution in [0.4, 0.5) is 0 Å². The summed E-state index contributed by atoms with van der Waals surface area (Å²) in [6, 6.07) is 22.7. The summed E-state index contributed by atoms with van der Waals surface area (Å²) in [4.78, 5) is 33.0. The highest BCUT2D eigenvalue weighted by atomic mass is 35.5. The van der Waals surface area contributed by atoms with Crippen molar-refractivity contribution in [2.24, 2.45) is 0 Å². The van der Waals surface area contributed by atoms with E-state index in [2.05, 4.69) is 20.5 Å². The van der Waals surface area contributed by atoms with Crippen LogP contribution in [0.2, 0.25) is 5.02 Å². The number of hydrogen-bond acceptors (Lipinski definition) is 6. The zero-order chi connectivity index (χ0) is 26.9. The molecule has 2 N–H and O–H groups in total. The van der Waals surface area contributed by atoms with E-state index in [1.54, 1.807) is 47.2 Å². The Balaban J connectivity index is 1.45. The van der Waals surface area contributed by atoms with Crippen molar-refractivity contribution in [1.29, 1.82) is 0 Å². The number of imidazole rings is 1. The highest BCUT2D eigenvalue weighted by molar-refractivity contribution is 6.31. The molecule has 0 saturated carbocycles. The topological polar surface area (TPSA) is 132 Å². The monoisotopic (exact) mass is 537 g/mol. The maximum atomic E-state index is 13.6. The van der Waals surface area contributed by atoms with Gasteiger partial charge in [0.25, 0.3) is 5.56 Å². The van der Waals surface area contributed by atoms with Gasteiger partial charge in [-0.05, 0) is 64.0 Å². The number of hydrogen-bond donors (Lipinski definition) is 2. The van der Waals surface area contributed by atoms with Gasteiger partial charge in [-0.1, -0.05) is 41.9 Å². The van der Waals surface area contributed by atoms with Crippen LogP contribution in [0.15, 0.2) is 96.2 Å². The maximum Gasteiger partial charge on any atom is 0.335 e. The Morgan fingerprint density at radius 2 is 1.87 bits per heavy atom. The van der Waals surface area contributed by atoms with Gasteiger partial charge < -0.3 is 14.7 Å². The molecule has 1 atom stereocenters.